The molecule has 1 aliphatic rings. The van der Waals surface area contributed by atoms with Crippen LogP contribution in [0, 0.1) is 10.1 Å². The van der Waals surface area contributed by atoms with E-state index in [1.54, 1.807) is 11.3 Å². The summed E-state index contributed by atoms with van der Waals surface area (Å²) in [6, 6.07) is 7.98. The van der Waals surface area contributed by atoms with Gasteiger partial charge in [0.25, 0.3) is 11.6 Å². The molecule has 1 aliphatic heterocycles. The lowest BCUT2D eigenvalue weighted by atomic mass is 9.91. The Morgan fingerprint density at radius 2 is 1.86 bits per heavy atom. The van der Waals surface area contributed by atoms with E-state index in [2.05, 4.69) is 16.8 Å². The van der Waals surface area contributed by atoms with Crippen LogP contribution >= 0.6 is 11.3 Å². The molecule has 1 saturated heterocycles. The smallest absolute Gasteiger partial charge is 0.269 e. The molecule has 0 unspecified atom stereocenters. The molecule has 0 aliphatic carbocycles. The summed E-state index contributed by atoms with van der Waals surface area (Å²) in [5, 5.41) is 14.9. The number of hydrogen-bond donors (Lipinski definition) is 0. The van der Waals surface area contributed by atoms with Gasteiger partial charge in [-0.25, -0.2) is 0 Å². The molecule has 5 nitrogen and oxygen atoms in total. The van der Waals surface area contributed by atoms with Crippen molar-refractivity contribution in [2.45, 2.75) is 18.8 Å². The van der Waals surface area contributed by atoms with Gasteiger partial charge in [-0.15, -0.1) is 0 Å². The third-order valence-corrected chi connectivity index (χ3v) is 4.82. The zero-order valence-corrected chi connectivity index (χ0v) is 12.8. The van der Waals surface area contributed by atoms with Crippen LogP contribution < -0.4 is 0 Å². The number of thiophene rings is 1. The number of amides is 1. The summed E-state index contributed by atoms with van der Waals surface area (Å²) in [4.78, 5) is 24.5. The second kappa shape index (κ2) is 6.27. The Morgan fingerprint density at radius 1 is 1.18 bits per heavy atom. The molecule has 0 N–H and O–H groups in total. The van der Waals surface area contributed by atoms with Gasteiger partial charge < -0.3 is 4.90 Å². The summed E-state index contributed by atoms with van der Waals surface area (Å²) in [6.07, 6.45) is 1.94. The van der Waals surface area contributed by atoms with Gasteiger partial charge in [0.2, 0.25) is 0 Å². The van der Waals surface area contributed by atoms with Gasteiger partial charge >= 0.3 is 0 Å². The molecule has 6 heteroatoms. The topological polar surface area (TPSA) is 63.4 Å². The van der Waals surface area contributed by atoms with Crippen LogP contribution in [-0.4, -0.2) is 28.8 Å². The van der Waals surface area contributed by atoms with Crippen molar-refractivity contribution in [3.05, 3.63) is 62.3 Å². The molecule has 0 bridgehead atoms. The zero-order valence-electron chi connectivity index (χ0n) is 12.0. The number of nitro benzene ring substituents is 1. The van der Waals surface area contributed by atoms with Gasteiger partial charge in [-0.2, -0.15) is 11.3 Å². The Kier molecular flexibility index (Phi) is 4.20. The van der Waals surface area contributed by atoms with Crippen molar-refractivity contribution in [2.75, 3.05) is 13.1 Å². The fourth-order valence-electron chi connectivity index (χ4n) is 2.83. The van der Waals surface area contributed by atoms with Crippen LogP contribution in [0.1, 0.15) is 34.7 Å². The molecule has 1 aromatic carbocycles. The third-order valence-electron chi connectivity index (χ3n) is 4.12. The summed E-state index contributed by atoms with van der Waals surface area (Å²) in [7, 11) is 0. The van der Waals surface area contributed by atoms with Gasteiger partial charge in [0.05, 0.1) is 4.92 Å². The lowest BCUT2D eigenvalue weighted by molar-refractivity contribution is -0.384. The molecular formula is C16H16N2O3S. The van der Waals surface area contributed by atoms with Crippen molar-refractivity contribution >= 4 is 22.9 Å². The quantitative estimate of drug-likeness (QED) is 0.641. The highest BCUT2D eigenvalue weighted by atomic mass is 32.1. The largest absolute Gasteiger partial charge is 0.339 e. The number of rotatable bonds is 3. The van der Waals surface area contributed by atoms with Gasteiger partial charge in [0.15, 0.2) is 0 Å². The van der Waals surface area contributed by atoms with Gasteiger partial charge in [-0.3, -0.25) is 14.9 Å². The van der Waals surface area contributed by atoms with Crippen molar-refractivity contribution in [1.29, 1.82) is 0 Å². The first-order valence-electron chi connectivity index (χ1n) is 7.21. The highest BCUT2D eigenvalue weighted by molar-refractivity contribution is 7.07. The minimum atomic E-state index is -0.458. The van der Waals surface area contributed by atoms with E-state index >= 15 is 0 Å². The predicted molar refractivity (Wildman–Crippen MR) is 85.3 cm³/mol. The summed E-state index contributed by atoms with van der Waals surface area (Å²) < 4.78 is 0. The van der Waals surface area contributed by atoms with Gasteiger partial charge in [0, 0.05) is 30.8 Å². The molecule has 114 valence electrons. The number of benzene rings is 1. The van der Waals surface area contributed by atoms with E-state index in [-0.39, 0.29) is 11.6 Å². The minimum absolute atomic E-state index is 0.00714. The van der Waals surface area contributed by atoms with E-state index < -0.39 is 4.92 Å². The number of carbonyl (C=O) groups is 1. The van der Waals surface area contributed by atoms with E-state index in [4.69, 9.17) is 0 Å². The number of carbonyl (C=O) groups excluding carboxylic acids is 1. The highest BCUT2D eigenvalue weighted by Gasteiger charge is 2.24. The number of non-ortho nitro benzene ring substituents is 1. The molecule has 1 fully saturated rings. The molecule has 3 rings (SSSR count). The molecule has 0 spiro atoms. The molecule has 0 radical (unpaired) electrons. The fraction of sp³-hybridized carbons (Fsp3) is 0.312. The zero-order chi connectivity index (χ0) is 15.5. The highest BCUT2D eigenvalue weighted by Crippen LogP contribution is 2.30. The Labute approximate surface area is 132 Å². The number of nitro groups is 1. The van der Waals surface area contributed by atoms with Crippen LogP contribution in [0.15, 0.2) is 41.1 Å². The fourth-order valence-corrected chi connectivity index (χ4v) is 3.57. The van der Waals surface area contributed by atoms with Crippen molar-refractivity contribution in [2.24, 2.45) is 0 Å². The van der Waals surface area contributed by atoms with Crippen LogP contribution in [0.2, 0.25) is 0 Å². The summed E-state index contributed by atoms with van der Waals surface area (Å²) in [5.41, 5.74) is 1.89. The first kappa shape index (κ1) is 14.7. The molecule has 2 heterocycles. The molecular weight excluding hydrogens is 300 g/mol. The van der Waals surface area contributed by atoms with Gasteiger partial charge in [-0.05, 0) is 53.3 Å². The lowest BCUT2D eigenvalue weighted by Crippen LogP contribution is -2.37. The van der Waals surface area contributed by atoms with E-state index in [0.29, 0.717) is 11.5 Å². The number of nitrogens with zero attached hydrogens (tertiary/aromatic N) is 2. The normalized spacial score (nSPS) is 15.7. The van der Waals surface area contributed by atoms with Crippen molar-refractivity contribution in [3.8, 4) is 0 Å². The summed E-state index contributed by atoms with van der Waals surface area (Å²) >= 11 is 1.71. The number of likely N-dealkylation sites (tertiary alicyclic amines) is 1. The van der Waals surface area contributed by atoms with E-state index in [0.717, 1.165) is 25.9 Å². The molecule has 1 aromatic heterocycles. The first-order valence-corrected chi connectivity index (χ1v) is 8.15. The second-order valence-electron chi connectivity index (χ2n) is 5.43. The second-order valence-corrected chi connectivity index (χ2v) is 6.21. The van der Waals surface area contributed by atoms with E-state index in [1.807, 2.05) is 4.90 Å². The number of hydrogen-bond acceptors (Lipinski definition) is 4. The van der Waals surface area contributed by atoms with Crippen LogP contribution in [0.3, 0.4) is 0 Å². The number of piperidine rings is 1. The van der Waals surface area contributed by atoms with Crippen molar-refractivity contribution < 1.29 is 9.72 Å². The predicted octanol–water partition coefficient (Wildman–Crippen LogP) is 3.68. The maximum Gasteiger partial charge on any atom is 0.269 e. The maximum absolute atomic E-state index is 12.4. The average molecular weight is 316 g/mol. The van der Waals surface area contributed by atoms with Gasteiger partial charge in [-0.1, -0.05) is 0 Å². The SMILES string of the molecule is O=C(c1ccc([N+](=O)[O-])cc1)N1CCC(c2ccsc2)CC1. The van der Waals surface area contributed by atoms with Crippen molar-refractivity contribution in [3.63, 3.8) is 0 Å². The van der Waals surface area contributed by atoms with Gasteiger partial charge in [0.1, 0.15) is 0 Å². The Hall–Kier alpha value is -2.21. The van der Waals surface area contributed by atoms with Crippen LogP contribution in [0.5, 0.6) is 0 Å². The Morgan fingerprint density at radius 3 is 2.41 bits per heavy atom. The third kappa shape index (κ3) is 3.01. The standard InChI is InChI=1S/C16H16N2O3S/c19-16(13-1-3-15(4-2-13)18(20)21)17-8-5-12(6-9-17)14-7-10-22-11-14/h1-4,7,10-12H,5-6,8-9H2. The Bertz CT molecular complexity index is 659. The van der Waals surface area contributed by atoms with Crippen LogP contribution in [0.4, 0.5) is 5.69 Å². The van der Waals surface area contributed by atoms with E-state index in [1.165, 1.54) is 29.8 Å². The lowest BCUT2D eigenvalue weighted by Gasteiger charge is -2.31. The molecule has 1 amide bonds. The van der Waals surface area contributed by atoms with E-state index in [9.17, 15) is 14.9 Å². The maximum atomic E-state index is 12.4. The molecule has 22 heavy (non-hydrogen) atoms. The van der Waals surface area contributed by atoms with Crippen molar-refractivity contribution in [1.82, 2.24) is 4.90 Å². The molecule has 0 saturated carbocycles. The summed E-state index contributed by atoms with van der Waals surface area (Å²) in [6.45, 7) is 1.46. The first-order chi connectivity index (χ1) is 10.6. The Balaban J connectivity index is 1.63. The van der Waals surface area contributed by atoms with Crippen LogP contribution in [-0.2, 0) is 0 Å². The summed E-state index contributed by atoms with van der Waals surface area (Å²) in [5.74, 6) is 0.492. The molecule has 0 atom stereocenters. The van der Waals surface area contributed by atoms with Crippen LogP contribution in [0.25, 0.3) is 0 Å². The minimum Gasteiger partial charge on any atom is -0.339 e. The monoisotopic (exact) mass is 316 g/mol. The average Bonchev–Trinajstić information content (AvgIpc) is 3.09. The molecule has 2 aromatic rings.